The Morgan fingerprint density at radius 3 is 2.33 bits per heavy atom. The van der Waals surface area contributed by atoms with Crippen molar-refractivity contribution in [3.63, 3.8) is 0 Å². The normalized spacial score (nSPS) is 13.7. The molecule has 0 aliphatic heterocycles. The molecule has 1 heterocycles. The van der Waals surface area contributed by atoms with Crippen LogP contribution in [0.3, 0.4) is 0 Å². The Morgan fingerprint density at radius 1 is 1.03 bits per heavy atom. The van der Waals surface area contributed by atoms with Gasteiger partial charge >= 0.3 is 11.9 Å². The first-order valence-corrected chi connectivity index (χ1v) is 12.6. The molecule has 33 heavy (non-hydrogen) atoms. The number of aryl methyl sites for hydroxylation is 1. The van der Waals surface area contributed by atoms with Gasteiger partial charge in [-0.2, -0.15) is 0 Å². The van der Waals surface area contributed by atoms with Crippen LogP contribution >= 0.6 is 11.3 Å². The van der Waals surface area contributed by atoms with Gasteiger partial charge in [-0.1, -0.05) is 6.42 Å². The maximum absolute atomic E-state index is 12.4. The third-order valence-electron chi connectivity index (χ3n) is 5.27. The van der Waals surface area contributed by atoms with Crippen LogP contribution in [-0.4, -0.2) is 58.4 Å². The van der Waals surface area contributed by atoms with Gasteiger partial charge in [0.15, 0.2) is 6.61 Å². The molecule has 1 aromatic carbocycles. The lowest BCUT2D eigenvalue weighted by Gasteiger charge is -2.11. The number of sulfonamides is 1. The Hall–Kier alpha value is -2.76. The molecule has 0 bridgehead atoms. The van der Waals surface area contributed by atoms with E-state index in [0.29, 0.717) is 10.6 Å². The van der Waals surface area contributed by atoms with E-state index < -0.39 is 34.5 Å². The number of nitrogens with one attached hydrogen (secondary N) is 1. The van der Waals surface area contributed by atoms with Crippen LogP contribution in [0.15, 0.2) is 29.2 Å². The van der Waals surface area contributed by atoms with Gasteiger partial charge in [-0.15, -0.1) is 11.3 Å². The molecular formula is C22H26N2O7S2. The second-order valence-electron chi connectivity index (χ2n) is 7.70. The fraction of sp³-hybridized carbons (Fsp3) is 0.409. The van der Waals surface area contributed by atoms with Crippen molar-refractivity contribution in [3.05, 3.63) is 45.8 Å². The number of esters is 2. The predicted octanol–water partition coefficient (Wildman–Crippen LogP) is 2.85. The van der Waals surface area contributed by atoms with Crippen LogP contribution in [0.25, 0.3) is 0 Å². The number of anilines is 1. The van der Waals surface area contributed by atoms with Crippen LogP contribution < -0.4 is 5.32 Å². The second-order valence-corrected chi connectivity index (χ2v) is 11.0. The summed E-state index contributed by atoms with van der Waals surface area (Å²) in [4.78, 5) is 38.2. The van der Waals surface area contributed by atoms with Crippen LogP contribution in [0.5, 0.6) is 0 Å². The lowest BCUT2D eigenvalue weighted by Crippen LogP contribution is -2.23. The van der Waals surface area contributed by atoms with Crippen molar-refractivity contribution < 1.29 is 32.3 Å². The molecule has 0 radical (unpaired) electrons. The van der Waals surface area contributed by atoms with Crippen LogP contribution in [0, 0.1) is 0 Å². The molecule has 1 aromatic heterocycles. The van der Waals surface area contributed by atoms with E-state index in [1.165, 1.54) is 56.8 Å². The number of carbonyl (C=O) groups excluding carboxylic acids is 3. The molecule has 2 aromatic rings. The maximum atomic E-state index is 12.4. The molecule has 0 spiro atoms. The molecule has 1 aliphatic rings. The lowest BCUT2D eigenvalue weighted by atomic mass is 10.1. The predicted molar refractivity (Wildman–Crippen MR) is 123 cm³/mol. The standard InChI is InChI=1S/C22H26N2O7S2/c1-24(2)33(28,29)15-11-9-14(10-12-15)21(26)31-13-18(25)23-20-19(22(27)30-3)16-7-5-4-6-8-17(16)32-20/h9-12H,4-8,13H2,1-3H3,(H,23,25). The number of ether oxygens (including phenoxy) is 2. The smallest absolute Gasteiger partial charge is 0.341 e. The minimum Gasteiger partial charge on any atom is -0.465 e. The molecule has 0 unspecified atom stereocenters. The zero-order valence-corrected chi connectivity index (χ0v) is 20.3. The first kappa shape index (κ1) is 24.9. The number of nitrogens with zero attached hydrogens (tertiary/aromatic N) is 1. The van der Waals surface area contributed by atoms with E-state index in [1.807, 2.05) is 0 Å². The van der Waals surface area contributed by atoms with Gasteiger partial charge in [-0.25, -0.2) is 22.3 Å². The number of hydrogen-bond donors (Lipinski definition) is 1. The Balaban J connectivity index is 1.66. The molecule has 9 nitrogen and oxygen atoms in total. The molecule has 0 fully saturated rings. The molecule has 0 saturated heterocycles. The molecular weight excluding hydrogens is 468 g/mol. The van der Waals surface area contributed by atoms with Crippen molar-refractivity contribution in [3.8, 4) is 0 Å². The number of rotatable bonds is 7. The number of fused-ring (bicyclic) bond motifs is 1. The number of thiophene rings is 1. The first-order chi connectivity index (χ1) is 15.6. The number of methoxy groups -OCH3 is 1. The third-order valence-corrected chi connectivity index (χ3v) is 8.30. The van der Waals surface area contributed by atoms with E-state index in [1.54, 1.807) is 0 Å². The van der Waals surface area contributed by atoms with Gasteiger partial charge < -0.3 is 14.8 Å². The molecule has 0 saturated carbocycles. The number of carbonyl (C=O) groups is 3. The molecule has 11 heteroatoms. The third kappa shape index (κ3) is 5.60. The van der Waals surface area contributed by atoms with Crippen molar-refractivity contribution in [2.75, 3.05) is 33.1 Å². The molecule has 1 aliphatic carbocycles. The Kier molecular flexibility index (Phi) is 7.88. The number of hydrogen-bond acceptors (Lipinski definition) is 8. The highest BCUT2D eigenvalue weighted by atomic mass is 32.2. The number of benzene rings is 1. The average molecular weight is 495 g/mol. The van der Waals surface area contributed by atoms with Gasteiger partial charge in [0.25, 0.3) is 5.91 Å². The van der Waals surface area contributed by atoms with Gasteiger partial charge in [0.05, 0.1) is 23.1 Å². The average Bonchev–Trinajstić information content (AvgIpc) is 2.96. The van der Waals surface area contributed by atoms with E-state index in [9.17, 15) is 22.8 Å². The first-order valence-electron chi connectivity index (χ1n) is 10.4. The topological polar surface area (TPSA) is 119 Å². The molecule has 3 rings (SSSR count). The largest absolute Gasteiger partial charge is 0.465 e. The van der Waals surface area contributed by atoms with E-state index in [4.69, 9.17) is 9.47 Å². The summed E-state index contributed by atoms with van der Waals surface area (Å²) in [6.07, 6.45) is 4.66. The molecule has 178 valence electrons. The van der Waals surface area contributed by atoms with Gasteiger partial charge in [-0.05, 0) is 55.5 Å². The summed E-state index contributed by atoms with van der Waals surface area (Å²) in [7, 11) is 0.501. The summed E-state index contributed by atoms with van der Waals surface area (Å²) in [5.74, 6) is -1.86. The Labute approximate surface area is 196 Å². The number of amides is 1. The van der Waals surface area contributed by atoms with E-state index >= 15 is 0 Å². The van der Waals surface area contributed by atoms with Gasteiger partial charge in [-0.3, -0.25) is 4.79 Å². The van der Waals surface area contributed by atoms with Gasteiger partial charge in [0.1, 0.15) is 5.00 Å². The van der Waals surface area contributed by atoms with Gasteiger partial charge in [0.2, 0.25) is 10.0 Å². The van der Waals surface area contributed by atoms with E-state index in [-0.39, 0.29) is 10.5 Å². The summed E-state index contributed by atoms with van der Waals surface area (Å²) in [5.41, 5.74) is 1.40. The van der Waals surface area contributed by atoms with Crippen molar-refractivity contribution in [2.45, 2.75) is 37.0 Å². The SMILES string of the molecule is COC(=O)c1c(NC(=O)COC(=O)c2ccc(S(=O)(=O)N(C)C)cc2)sc2c1CCCCC2. The minimum absolute atomic E-state index is 0.0367. The summed E-state index contributed by atoms with van der Waals surface area (Å²) < 4.78 is 35.3. The van der Waals surface area contributed by atoms with Gasteiger partial charge in [0, 0.05) is 19.0 Å². The van der Waals surface area contributed by atoms with Crippen LogP contribution in [0.2, 0.25) is 0 Å². The summed E-state index contributed by atoms with van der Waals surface area (Å²) in [6, 6.07) is 5.24. The highest BCUT2D eigenvalue weighted by molar-refractivity contribution is 7.89. The highest BCUT2D eigenvalue weighted by Crippen LogP contribution is 2.37. The van der Waals surface area contributed by atoms with Crippen molar-refractivity contribution in [1.29, 1.82) is 0 Å². The Morgan fingerprint density at radius 2 is 1.70 bits per heavy atom. The monoisotopic (exact) mass is 494 g/mol. The second kappa shape index (κ2) is 10.4. The lowest BCUT2D eigenvalue weighted by molar-refractivity contribution is -0.119. The fourth-order valence-corrected chi connectivity index (χ4v) is 5.69. The summed E-state index contributed by atoms with van der Waals surface area (Å²) >= 11 is 1.35. The van der Waals surface area contributed by atoms with Crippen molar-refractivity contribution in [1.82, 2.24) is 4.31 Å². The minimum atomic E-state index is -3.62. The quantitative estimate of drug-likeness (QED) is 0.464. The van der Waals surface area contributed by atoms with E-state index in [2.05, 4.69) is 5.32 Å². The highest BCUT2D eigenvalue weighted by Gasteiger charge is 2.26. The zero-order chi connectivity index (χ0) is 24.2. The van der Waals surface area contributed by atoms with Crippen molar-refractivity contribution in [2.24, 2.45) is 0 Å². The van der Waals surface area contributed by atoms with Crippen LogP contribution in [-0.2, 0) is 37.1 Å². The molecule has 1 N–H and O–H groups in total. The fourth-order valence-electron chi connectivity index (χ4n) is 3.50. The van der Waals surface area contributed by atoms with Crippen LogP contribution in [0.4, 0.5) is 5.00 Å². The summed E-state index contributed by atoms with van der Waals surface area (Å²) in [5, 5.41) is 3.06. The summed E-state index contributed by atoms with van der Waals surface area (Å²) in [6.45, 7) is -0.556. The maximum Gasteiger partial charge on any atom is 0.341 e. The molecule has 1 amide bonds. The molecule has 0 atom stereocenters. The van der Waals surface area contributed by atoms with E-state index in [0.717, 1.165) is 46.8 Å². The zero-order valence-electron chi connectivity index (χ0n) is 18.7. The Bertz CT molecular complexity index is 1150. The van der Waals surface area contributed by atoms with Crippen molar-refractivity contribution >= 4 is 44.2 Å². The van der Waals surface area contributed by atoms with Crippen LogP contribution in [0.1, 0.15) is 50.4 Å².